The Labute approximate surface area is 169 Å². The molecule has 146 valence electrons. The summed E-state index contributed by atoms with van der Waals surface area (Å²) in [4.78, 5) is 29.5. The highest BCUT2D eigenvalue weighted by Crippen LogP contribution is 2.22. The summed E-state index contributed by atoms with van der Waals surface area (Å²) < 4.78 is 1.35. The van der Waals surface area contributed by atoms with Gasteiger partial charge in [-0.05, 0) is 48.6 Å². The van der Waals surface area contributed by atoms with Gasteiger partial charge in [0, 0.05) is 5.02 Å². The van der Waals surface area contributed by atoms with Crippen LogP contribution in [0, 0.1) is 5.92 Å². The van der Waals surface area contributed by atoms with E-state index in [0.717, 1.165) is 18.4 Å². The van der Waals surface area contributed by atoms with E-state index in [1.165, 1.54) is 10.9 Å². The molecule has 3 aromatic rings. The van der Waals surface area contributed by atoms with E-state index in [1.807, 2.05) is 30.3 Å². The molecule has 0 aliphatic carbocycles. The predicted octanol–water partition coefficient (Wildman–Crippen LogP) is 4.34. The highest BCUT2D eigenvalue weighted by molar-refractivity contribution is 6.30. The van der Waals surface area contributed by atoms with E-state index in [1.54, 1.807) is 18.2 Å². The molecular formula is C22H24ClN3O2. The van der Waals surface area contributed by atoms with Crippen LogP contribution in [0.3, 0.4) is 0 Å². The second-order valence-electron chi connectivity index (χ2n) is 7.34. The van der Waals surface area contributed by atoms with Gasteiger partial charge in [-0.25, -0.2) is 4.98 Å². The Hall–Kier alpha value is -2.66. The van der Waals surface area contributed by atoms with Crippen LogP contribution >= 0.6 is 11.6 Å². The SMILES string of the molecule is CC(C)CCC(NC(=O)Cn1cnc2ccccc2c1=O)c1ccc(Cl)cc1. The highest BCUT2D eigenvalue weighted by Gasteiger charge is 2.16. The number of halogens is 1. The van der Waals surface area contributed by atoms with E-state index in [9.17, 15) is 9.59 Å². The Bertz CT molecular complexity index is 1010. The zero-order valence-electron chi connectivity index (χ0n) is 16.1. The summed E-state index contributed by atoms with van der Waals surface area (Å²) in [6.07, 6.45) is 3.22. The van der Waals surface area contributed by atoms with Crippen molar-refractivity contribution in [1.82, 2.24) is 14.9 Å². The van der Waals surface area contributed by atoms with Gasteiger partial charge in [0.2, 0.25) is 5.91 Å². The number of para-hydroxylation sites is 1. The first kappa shape index (κ1) is 20.1. The zero-order valence-corrected chi connectivity index (χ0v) is 16.8. The van der Waals surface area contributed by atoms with Crippen LogP contribution in [0.5, 0.6) is 0 Å². The summed E-state index contributed by atoms with van der Waals surface area (Å²) in [6, 6.07) is 14.5. The number of benzene rings is 2. The molecule has 0 saturated heterocycles. The van der Waals surface area contributed by atoms with E-state index in [-0.39, 0.29) is 24.1 Å². The first-order valence-electron chi connectivity index (χ1n) is 9.43. The van der Waals surface area contributed by atoms with Crippen molar-refractivity contribution in [3.63, 3.8) is 0 Å². The number of nitrogens with zero attached hydrogens (tertiary/aromatic N) is 2. The van der Waals surface area contributed by atoms with Gasteiger partial charge in [0.25, 0.3) is 5.56 Å². The van der Waals surface area contributed by atoms with Crippen LogP contribution in [0.15, 0.2) is 59.7 Å². The average Bonchev–Trinajstić information content (AvgIpc) is 2.68. The molecule has 5 nitrogen and oxygen atoms in total. The van der Waals surface area contributed by atoms with Crippen LogP contribution in [-0.4, -0.2) is 15.5 Å². The maximum atomic E-state index is 12.7. The van der Waals surface area contributed by atoms with Crippen LogP contribution in [0.25, 0.3) is 10.9 Å². The number of rotatable bonds is 7. The van der Waals surface area contributed by atoms with Crippen molar-refractivity contribution in [3.05, 3.63) is 75.8 Å². The number of fused-ring (bicyclic) bond motifs is 1. The third-order valence-electron chi connectivity index (χ3n) is 4.69. The molecule has 0 bridgehead atoms. The van der Waals surface area contributed by atoms with E-state index in [4.69, 9.17) is 11.6 Å². The summed E-state index contributed by atoms with van der Waals surface area (Å²) in [7, 11) is 0. The van der Waals surface area contributed by atoms with Crippen molar-refractivity contribution in [2.24, 2.45) is 5.92 Å². The summed E-state index contributed by atoms with van der Waals surface area (Å²) in [5.74, 6) is 0.307. The minimum atomic E-state index is -0.220. The summed E-state index contributed by atoms with van der Waals surface area (Å²) >= 11 is 5.99. The highest BCUT2D eigenvalue weighted by atomic mass is 35.5. The van der Waals surface area contributed by atoms with E-state index < -0.39 is 0 Å². The third-order valence-corrected chi connectivity index (χ3v) is 4.94. The fourth-order valence-corrected chi connectivity index (χ4v) is 3.26. The smallest absolute Gasteiger partial charge is 0.261 e. The van der Waals surface area contributed by atoms with Crippen molar-refractivity contribution in [1.29, 1.82) is 0 Å². The molecular weight excluding hydrogens is 374 g/mol. The summed E-state index contributed by atoms with van der Waals surface area (Å²) in [5.41, 5.74) is 1.41. The Morgan fingerprint density at radius 3 is 2.54 bits per heavy atom. The maximum Gasteiger partial charge on any atom is 0.261 e. The molecule has 0 aliphatic rings. The second-order valence-corrected chi connectivity index (χ2v) is 7.77. The molecule has 1 unspecified atom stereocenters. The summed E-state index contributed by atoms with van der Waals surface area (Å²) in [5, 5.41) is 4.23. The lowest BCUT2D eigenvalue weighted by molar-refractivity contribution is -0.122. The van der Waals surface area contributed by atoms with Crippen molar-refractivity contribution in [2.75, 3.05) is 0 Å². The lowest BCUT2D eigenvalue weighted by atomic mass is 9.97. The van der Waals surface area contributed by atoms with Gasteiger partial charge >= 0.3 is 0 Å². The molecule has 6 heteroatoms. The van der Waals surface area contributed by atoms with Crippen LogP contribution < -0.4 is 10.9 Å². The molecule has 1 aromatic heterocycles. The number of hydrogen-bond donors (Lipinski definition) is 1. The standard InChI is InChI=1S/C22H24ClN3O2/c1-15(2)7-12-19(16-8-10-17(23)11-9-16)25-21(27)13-26-14-24-20-6-4-3-5-18(20)22(26)28/h3-6,8-11,14-15,19H,7,12-13H2,1-2H3,(H,25,27). The Kier molecular flexibility index (Phi) is 6.47. The number of nitrogens with one attached hydrogen (secondary N) is 1. The van der Waals surface area contributed by atoms with Crippen LogP contribution in [0.1, 0.15) is 38.3 Å². The molecule has 0 radical (unpaired) electrons. The van der Waals surface area contributed by atoms with Gasteiger partial charge in [-0.2, -0.15) is 0 Å². The van der Waals surface area contributed by atoms with Gasteiger partial charge in [-0.3, -0.25) is 14.2 Å². The number of hydrogen-bond acceptors (Lipinski definition) is 3. The van der Waals surface area contributed by atoms with Crippen LogP contribution in [0.4, 0.5) is 0 Å². The number of amides is 1. The number of aromatic nitrogens is 2. The molecule has 0 spiro atoms. The van der Waals surface area contributed by atoms with Crippen molar-refractivity contribution in [3.8, 4) is 0 Å². The molecule has 0 aliphatic heterocycles. The molecule has 1 atom stereocenters. The van der Waals surface area contributed by atoms with Crippen molar-refractivity contribution >= 4 is 28.4 Å². The van der Waals surface area contributed by atoms with Crippen molar-refractivity contribution < 1.29 is 4.79 Å². The molecule has 28 heavy (non-hydrogen) atoms. The molecule has 0 saturated carbocycles. The molecule has 1 N–H and O–H groups in total. The maximum absolute atomic E-state index is 12.7. The van der Waals surface area contributed by atoms with Gasteiger partial charge in [0.05, 0.1) is 23.3 Å². The molecule has 3 rings (SSSR count). The molecule has 1 amide bonds. The minimum Gasteiger partial charge on any atom is -0.348 e. The Morgan fingerprint density at radius 2 is 1.82 bits per heavy atom. The van der Waals surface area contributed by atoms with Crippen LogP contribution in [0.2, 0.25) is 5.02 Å². The van der Waals surface area contributed by atoms with Gasteiger partial charge in [0.15, 0.2) is 0 Å². The van der Waals surface area contributed by atoms with Gasteiger partial charge < -0.3 is 5.32 Å². The van der Waals surface area contributed by atoms with Crippen molar-refractivity contribution in [2.45, 2.75) is 39.3 Å². The fraction of sp³-hybridized carbons (Fsp3) is 0.318. The summed E-state index contributed by atoms with van der Waals surface area (Å²) in [6.45, 7) is 4.24. The lowest BCUT2D eigenvalue weighted by Gasteiger charge is -2.21. The van der Waals surface area contributed by atoms with E-state index in [2.05, 4.69) is 24.1 Å². The van der Waals surface area contributed by atoms with E-state index in [0.29, 0.717) is 21.8 Å². The molecule has 2 aromatic carbocycles. The monoisotopic (exact) mass is 397 g/mol. The molecule has 0 fully saturated rings. The van der Waals surface area contributed by atoms with E-state index >= 15 is 0 Å². The third kappa shape index (κ3) is 4.98. The average molecular weight is 398 g/mol. The quantitative estimate of drug-likeness (QED) is 0.644. The Morgan fingerprint density at radius 1 is 1.11 bits per heavy atom. The fourth-order valence-electron chi connectivity index (χ4n) is 3.13. The van der Waals surface area contributed by atoms with Crippen LogP contribution in [-0.2, 0) is 11.3 Å². The first-order valence-corrected chi connectivity index (χ1v) is 9.81. The van der Waals surface area contributed by atoms with Gasteiger partial charge in [-0.15, -0.1) is 0 Å². The normalized spacial score (nSPS) is 12.3. The van der Waals surface area contributed by atoms with Gasteiger partial charge in [-0.1, -0.05) is 49.7 Å². The lowest BCUT2D eigenvalue weighted by Crippen LogP contribution is -2.35. The number of carbonyl (C=O) groups excluding carboxylic acids is 1. The minimum absolute atomic E-state index is 0.0670. The first-order chi connectivity index (χ1) is 13.4. The largest absolute Gasteiger partial charge is 0.348 e. The zero-order chi connectivity index (χ0) is 20.1. The predicted molar refractivity (Wildman–Crippen MR) is 112 cm³/mol. The number of carbonyl (C=O) groups is 1. The second kappa shape index (κ2) is 9.02. The molecule has 1 heterocycles. The van der Waals surface area contributed by atoms with Gasteiger partial charge in [0.1, 0.15) is 6.54 Å². The topological polar surface area (TPSA) is 64.0 Å². The Balaban J connectivity index is 1.77.